The van der Waals surface area contributed by atoms with Gasteiger partial charge in [0.25, 0.3) is 0 Å². The molecule has 0 aliphatic rings. The van der Waals surface area contributed by atoms with E-state index in [-0.39, 0.29) is 0 Å². The molecular weight excluding hydrogens is 170 g/mol. The predicted octanol–water partition coefficient (Wildman–Crippen LogP) is 2.23. The standard InChI is InChI=1S/C9H17NOS/c1-2-3-5-8-12(11)9-6-4-7-10/h2-6,8-9H2,1H3. The second kappa shape index (κ2) is 8.73. The van der Waals surface area contributed by atoms with Crippen molar-refractivity contribution in [1.29, 1.82) is 5.26 Å². The predicted molar refractivity (Wildman–Crippen MR) is 52.2 cm³/mol. The number of rotatable bonds is 7. The summed E-state index contributed by atoms with van der Waals surface area (Å²) in [5.74, 6) is 1.52. The fraction of sp³-hybridized carbons (Fsp3) is 0.889. The molecule has 1 atom stereocenters. The molecule has 0 aromatic rings. The van der Waals surface area contributed by atoms with Crippen LogP contribution in [0.4, 0.5) is 0 Å². The Morgan fingerprint density at radius 1 is 1.25 bits per heavy atom. The van der Waals surface area contributed by atoms with E-state index in [1.807, 2.05) is 0 Å². The van der Waals surface area contributed by atoms with Gasteiger partial charge in [0.1, 0.15) is 0 Å². The van der Waals surface area contributed by atoms with Crippen LogP contribution in [0.1, 0.15) is 39.0 Å². The maximum atomic E-state index is 11.2. The van der Waals surface area contributed by atoms with Gasteiger partial charge in [-0.3, -0.25) is 4.21 Å². The van der Waals surface area contributed by atoms with Crippen LogP contribution in [0, 0.1) is 11.3 Å². The monoisotopic (exact) mass is 187 g/mol. The smallest absolute Gasteiger partial charge is 0.0622 e. The van der Waals surface area contributed by atoms with Crippen molar-refractivity contribution in [3.63, 3.8) is 0 Å². The molecule has 0 saturated carbocycles. The Bertz CT molecular complexity index is 162. The molecule has 0 aliphatic heterocycles. The molecule has 3 heteroatoms. The van der Waals surface area contributed by atoms with Gasteiger partial charge in [0.05, 0.1) is 6.07 Å². The summed E-state index contributed by atoms with van der Waals surface area (Å²) in [5.41, 5.74) is 0. The van der Waals surface area contributed by atoms with Gasteiger partial charge >= 0.3 is 0 Å². The van der Waals surface area contributed by atoms with E-state index < -0.39 is 10.8 Å². The molecule has 0 heterocycles. The summed E-state index contributed by atoms with van der Waals surface area (Å²) in [7, 11) is -0.674. The summed E-state index contributed by atoms with van der Waals surface area (Å²) in [6, 6.07) is 2.06. The van der Waals surface area contributed by atoms with Crippen molar-refractivity contribution in [3.05, 3.63) is 0 Å². The molecule has 1 unspecified atom stereocenters. The zero-order valence-corrected chi connectivity index (χ0v) is 8.53. The van der Waals surface area contributed by atoms with Crippen LogP contribution >= 0.6 is 0 Å². The van der Waals surface area contributed by atoms with E-state index in [1.165, 1.54) is 12.8 Å². The molecule has 0 rings (SSSR count). The Hall–Kier alpha value is -0.360. The molecule has 0 aromatic heterocycles. The number of hydrogen-bond donors (Lipinski definition) is 0. The van der Waals surface area contributed by atoms with E-state index in [9.17, 15) is 4.21 Å². The maximum absolute atomic E-state index is 11.2. The number of hydrogen-bond acceptors (Lipinski definition) is 2. The van der Waals surface area contributed by atoms with E-state index in [4.69, 9.17) is 5.26 Å². The minimum atomic E-state index is -0.674. The molecular formula is C9H17NOS. The first-order chi connectivity index (χ1) is 5.81. The third kappa shape index (κ3) is 7.74. The summed E-state index contributed by atoms with van der Waals surface area (Å²) in [6.07, 6.45) is 4.74. The number of nitriles is 1. The van der Waals surface area contributed by atoms with Crippen LogP contribution in [0.25, 0.3) is 0 Å². The van der Waals surface area contributed by atoms with Crippen molar-refractivity contribution in [2.45, 2.75) is 39.0 Å². The fourth-order valence-electron chi connectivity index (χ4n) is 0.927. The average molecular weight is 187 g/mol. The van der Waals surface area contributed by atoms with Crippen molar-refractivity contribution in [1.82, 2.24) is 0 Å². The van der Waals surface area contributed by atoms with Gasteiger partial charge in [-0.1, -0.05) is 19.8 Å². The van der Waals surface area contributed by atoms with Crippen molar-refractivity contribution >= 4 is 10.8 Å². The number of unbranched alkanes of at least 4 members (excludes halogenated alkanes) is 3. The fourth-order valence-corrected chi connectivity index (χ4v) is 2.12. The highest BCUT2D eigenvalue weighted by molar-refractivity contribution is 7.84. The minimum Gasteiger partial charge on any atom is -0.260 e. The molecule has 0 N–H and O–H groups in total. The summed E-state index contributed by atoms with van der Waals surface area (Å²) in [6.45, 7) is 2.14. The Morgan fingerprint density at radius 3 is 2.50 bits per heavy atom. The highest BCUT2D eigenvalue weighted by Crippen LogP contribution is 1.98. The lowest BCUT2D eigenvalue weighted by Crippen LogP contribution is -2.02. The zero-order valence-electron chi connectivity index (χ0n) is 7.71. The molecule has 0 aromatic carbocycles. The molecule has 0 radical (unpaired) electrons. The molecule has 0 saturated heterocycles. The first kappa shape index (κ1) is 11.6. The molecule has 0 amide bonds. The second-order valence-electron chi connectivity index (χ2n) is 2.82. The van der Waals surface area contributed by atoms with Crippen molar-refractivity contribution in [2.24, 2.45) is 0 Å². The van der Waals surface area contributed by atoms with Crippen molar-refractivity contribution < 1.29 is 4.21 Å². The maximum Gasteiger partial charge on any atom is 0.0622 e. The summed E-state index contributed by atoms with van der Waals surface area (Å²) in [4.78, 5) is 0. The van der Waals surface area contributed by atoms with Gasteiger partial charge in [-0.15, -0.1) is 0 Å². The van der Waals surface area contributed by atoms with Crippen LogP contribution in [0.3, 0.4) is 0 Å². The largest absolute Gasteiger partial charge is 0.260 e. The molecule has 0 bridgehead atoms. The molecule has 70 valence electrons. The second-order valence-corrected chi connectivity index (χ2v) is 4.51. The van der Waals surface area contributed by atoms with Gasteiger partial charge in [-0.2, -0.15) is 5.26 Å². The first-order valence-electron chi connectivity index (χ1n) is 4.53. The van der Waals surface area contributed by atoms with Crippen LogP contribution in [-0.2, 0) is 10.8 Å². The Kier molecular flexibility index (Phi) is 8.47. The van der Waals surface area contributed by atoms with Gasteiger partial charge in [-0.05, 0) is 12.8 Å². The normalized spacial score (nSPS) is 12.3. The molecule has 2 nitrogen and oxygen atoms in total. The van der Waals surface area contributed by atoms with Crippen LogP contribution in [-0.4, -0.2) is 15.7 Å². The van der Waals surface area contributed by atoms with E-state index >= 15 is 0 Å². The minimum absolute atomic E-state index is 0.541. The van der Waals surface area contributed by atoms with Gasteiger partial charge in [-0.25, -0.2) is 0 Å². The zero-order chi connectivity index (χ0) is 9.23. The molecule has 12 heavy (non-hydrogen) atoms. The van der Waals surface area contributed by atoms with Crippen LogP contribution < -0.4 is 0 Å². The van der Waals surface area contributed by atoms with Crippen LogP contribution in [0.5, 0.6) is 0 Å². The Morgan fingerprint density at radius 2 is 1.92 bits per heavy atom. The third-order valence-electron chi connectivity index (χ3n) is 1.64. The highest BCUT2D eigenvalue weighted by atomic mass is 32.2. The van der Waals surface area contributed by atoms with Gasteiger partial charge < -0.3 is 0 Å². The lowest BCUT2D eigenvalue weighted by atomic mass is 10.3. The number of nitrogens with zero attached hydrogens (tertiary/aromatic N) is 1. The Labute approximate surface area is 77.4 Å². The lowest BCUT2D eigenvalue weighted by Gasteiger charge is -1.98. The topological polar surface area (TPSA) is 40.9 Å². The van der Waals surface area contributed by atoms with Gasteiger partial charge in [0.15, 0.2) is 0 Å². The van der Waals surface area contributed by atoms with E-state index in [0.717, 1.165) is 18.6 Å². The highest BCUT2D eigenvalue weighted by Gasteiger charge is 1.98. The summed E-state index contributed by atoms with van der Waals surface area (Å²) >= 11 is 0. The SMILES string of the molecule is CCCCCS(=O)CCCC#N. The van der Waals surface area contributed by atoms with Crippen molar-refractivity contribution in [2.75, 3.05) is 11.5 Å². The van der Waals surface area contributed by atoms with Crippen LogP contribution in [0.15, 0.2) is 0 Å². The molecule has 0 aliphatic carbocycles. The van der Waals surface area contributed by atoms with Crippen LogP contribution in [0.2, 0.25) is 0 Å². The van der Waals surface area contributed by atoms with Gasteiger partial charge in [0, 0.05) is 28.7 Å². The molecule has 0 spiro atoms. The summed E-state index contributed by atoms with van der Waals surface area (Å²) < 4.78 is 11.2. The van der Waals surface area contributed by atoms with E-state index in [1.54, 1.807) is 0 Å². The first-order valence-corrected chi connectivity index (χ1v) is 6.02. The third-order valence-corrected chi connectivity index (χ3v) is 3.12. The quantitative estimate of drug-likeness (QED) is 0.573. The van der Waals surface area contributed by atoms with E-state index in [0.29, 0.717) is 12.2 Å². The summed E-state index contributed by atoms with van der Waals surface area (Å²) in [5, 5.41) is 8.24. The lowest BCUT2D eigenvalue weighted by molar-refractivity contribution is 0.674. The van der Waals surface area contributed by atoms with Gasteiger partial charge in [0.2, 0.25) is 0 Å². The average Bonchev–Trinajstić information content (AvgIpc) is 2.06. The molecule has 0 fully saturated rings. The Balaban J connectivity index is 3.17. The van der Waals surface area contributed by atoms with E-state index in [2.05, 4.69) is 13.0 Å². The van der Waals surface area contributed by atoms with Crippen molar-refractivity contribution in [3.8, 4) is 6.07 Å².